The van der Waals surface area contributed by atoms with Gasteiger partial charge in [-0.3, -0.25) is 9.36 Å². The highest BCUT2D eigenvalue weighted by Crippen LogP contribution is 2.48. The molecule has 1 aliphatic carbocycles. The lowest BCUT2D eigenvalue weighted by Crippen LogP contribution is -2.49. The van der Waals surface area contributed by atoms with E-state index >= 15 is 0 Å². The van der Waals surface area contributed by atoms with E-state index in [1.165, 1.54) is 17.4 Å². The minimum absolute atomic E-state index is 0.129. The van der Waals surface area contributed by atoms with Crippen LogP contribution in [0.3, 0.4) is 0 Å². The SMILES string of the molecule is Cc1nc(N2CCC3(CC[C@@H](C)[C@H]3N)CC2)c(CCO)c(=O)n1-c1cccc(Cl)c1Cl. The summed E-state index contributed by atoms with van der Waals surface area (Å²) in [4.78, 5) is 20.5. The van der Waals surface area contributed by atoms with Gasteiger partial charge < -0.3 is 15.7 Å². The zero-order valence-corrected chi connectivity index (χ0v) is 19.6. The first-order valence-corrected chi connectivity index (χ1v) is 11.7. The molecule has 168 valence electrons. The molecular formula is C23H30Cl2N4O2. The third-order valence-electron chi connectivity index (χ3n) is 7.33. The Morgan fingerprint density at radius 3 is 2.58 bits per heavy atom. The van der Waals surface area contributed by atoms with Crippen LogP contribution in [0.5, 0.6) is 0 Å². The fraction of sp³-hybridized carbons (Fsp3) is 0.565. The summed E-state index contributed by atoms with van der Waals surface area (Å²) >= 11 is 12.6. The number of aliphatic hydroxyl groups excluding tert-OH is 1. The monoisotopic (exact) mass is 464 g/mol. The number of aryl methyl sites for hydroxylation is 1. The zero-order chi connectivity index (χ0) is 22.3. The molecule has 0 radical (unpaired) electrons. The van der Waals surface area contributed by atoms with Crippen molar-refractivity contribution in [3.63, 3.8) is 0 Å². The first-order chi connectivity index (χ1) is 14.8. The summed E-state index contributed by atoms with van der Waals surface area (Å²) in [5, 5.41) is 10.4. The molecule has 4 rings (SSSR count). The van der Waals surface area contributed by atoms with Gasteiger partial charge in [-0.1, -0.05) is 36.2 Å². The lowest BCUT2D eigenvalue weighted by molar-refractivity contribution is 0.185. The van der Waals surface area contributed by atoms with E-state index in [2.05, 4.69) is 11.8 Å². The second-order valence-electron chi connectivity index (χ2n) is 9.04. The topological polar surface area (TPSA) is 84.4 Å². The summed E-state index contributed by atoms with van der Waals surface area (Å²) < 4.78 is 1.49. The molecule has 1 aliphatic heterocycles. The van der Waals surface area contributed by atoms with Crippen LogP contribution in [-0.2, 0) is 6.42 Å². The maximum absolute atomic E-state index is 13.5. The Bertz CT molecular complexity index is 1030. The summed E-state index contributed by atoms with van der Waals surface area (Å²) in [6.45, 7) is 5.54. The van der Waals surface area contributed by atoms with E-state index < -0.39 is 0 Å². The predicted octanol–water partition coefficient (Wildman–Crippen LogP) is 3.73. The van der Waals surface area contributed by atoms with Gasteiger partial charge in [-0.25, -0.2) is 4.98 Å². The Morgan fingerprint density at radius 1 is 1.26 bits per heavy atom. The molecule has 6 nitrogen and oxygen atoms in total. The lowest BCUT2D eigenvalue weighted by atomic mass is 9.73. The Kier molecular flexibility index (Phi) is 6.37. The average Bonchev–Trinajstić information content (AvgIpc) is 3.02. The minimum Gasteiger partial charge on any atom is -0.396 e. The van der Waals surface area contributed by atoms with Gasteiger partial charge in [0.15, 0.2) is 0 Å². The van der Waals surface area contributed by atoms with Crippen LogP contribution in [0.4, 0.5) is 5.82 Å². The van der Waals surface area contributed by atoms with Crippen molar-refractivity contribution in [3.05, 3.63) is 50.0 Å². The third kappa shape index (κ3) is 3.88. The standard InChI is InChI=1S/C23H30Cl2N4O2/c1-14-6-8-23(20(14)26)9-11-28(12-10-23)21-16(7-13-30)22(31)29(15(2)27-21)18-5-3-4-17(24)19(18)25/h3-5,14,20,30H,6-13,26H2,1-2H3/t14-,20-/m1/s1. The van der Waals surface area contributed by atoms with Gasteiger partial charge in [-0.05, 0) is 56.1 Å². The summed E-state index contributed by atoms with van der Waals surface area (Å²) in [5.41, 5.74) is 7.55. The van der Waals surface area contributed by atoms with E-state index in [0.717, 1.165) is 25.9 Å². The van der Waals surface area contributed by atoms with Crippen LogP contribution in [0.2, 0.25) is 10.0 Å². The minimum atomic E-state index is -0.216. The number of nitrogens with two attached hydrogens (primary N) is 1. The average molecular weight is 465 g/mol. The number of anilines is 1. The number of hydrogen-bond donors (Lipinski definition) is 2. The van der Waals surface area contributed by atoms with Crippen LogP contribution in [0.15, 0.2) is 23.0 Å². The van der Waals surface area contributed by atoms with Gasteiger partial charge in [0.05, 0.1) is 21.3 Å². The van der Waals surface area contributed by atoms with Crippen LogP contribution in [0, 0.1) is 18.3 Å². The Labute approximate surface area is 193 Å². The molecule has 1 saturated carbocycles. The predicted molar refractivity (Wildman–Crippen MR) is 126 cm³/mol. The molecule has 0 amide bonds. The molecule has 31 heavy (non-hydrogen) atoms. The highest BCUT2D eigenvalue weighted by Gasteiger charge is 2.46. The van der Waals surface area contributed by atoms with Gasteiger partial charge in [0.2, 0.25) is 0 Å². The van der Waals surface area contributed by atoms with Crippen LogP contribution < -0.4 is 16.2 Å². The molecular weight excluding hydrogens is 435 g/mol. The van der Waals surface area contributed by atoms with Crippen LogP contribution in [-0.4, -0.2) is 40.4 Å². The van der Waals surface area contributed by atoms with Crippen LogP contribution >= 0.6 is 23.2 Å². The van der Waals surface area contributed by atoms with Crippen molar-refractivity contribution in [1.29, 1.82) is 0 Å². The molecule has 2 atom stereocenters. The molecule has 2 aliphatic rings. The Morgan fingerprint density at radius 2 is 1.97 bits per heavy atom. The number of aliphatic hydroxyl groups is 1. The number of hydrogen-bond acceptors (Lipinski definition) is 5. The fourth-order valence-electron chi connectivity index (χ4n) is 5.40. The summed E-state index contributed by atoms with van der Waals surface area (Å²) in [6, 6.07) is 5.42. The van der Waals surface area contributed by atoms with Gasteiger partial charge in [0.1, 0.15) is 11.6 Å². The number of piperidine rings is 1. The summed E-state index contributed by atoms with van der Waals surface area (Å²) in [7, 11) is 0. The van der Waals surface area contributed by atoms with Gasteiger partial charge in [-0.2, -0.15) is 0 Å². The number of halogens is 2. The van der Waals surface area contributed by atoms with Crippen LogP contribution in [0.25, 0.3) is 5.69 Å². The Hall–Kier alpha value is -1.60. The highest BCUT2D eigenvalue weighted by atomic mass is 35.5. The smallest absolute Gasteiger partial charge is 0.263 e. The van der Waals surface area contributed by atoms with E-state index in [9.17, 15) is 9.90 Å². The normalized spacial score (nSPS) is 23.0. The van der Waals surface area contributed by atoms with Gasteiger partial charge in [0.25, 0.3) is 5.56 Å². The summed E-state index contributed by atoms with van der Waals surface area (Å²) in [6.07, 6.45) is 4.60. The molecule has 1 saturated heterocycles. The fourth-order valence-corrected chi connectivity index (χ4v) is 5.78. The molecule has 2 fully saturated rings. The largest absolute Gasteiger partial charge is 0.396 e. The van der Waals surface area contributed by atoms with Gasteiger partial charge in [0, 0.05) is 32.2 Å². The number of aromatic nitrogens is 2. The van der Waals surface area contributed by atoms with Crippen molar-refractivity contribution in [2.75, 3.05) is 24.6 Å². The highest BCUT2D eigenvalue weighted by molar-refractivity contribution is 6.43. The molecule has 8 heteroatoms. The van der Waals surface area contributed by atoms with E-state index in [1.54, 1.807) is 25.1 Å². The quantitative estimate of drug-likeness (QED) is 0.719. The van der Waals surface area contributed by atoms with Gasteiger partial charge in [-0.15, -0.1) is 0 Å². The van der Waals surface area contributed by atoms with E-state index in [-0.39, 0.29) is 30.0 Å². The van der Waals surface area contributed by atoms with Crippen molar-refractivity contribution in [1.82, 2.24) is 9.55 Å². The maximum Gasteiger partial charge on any atom is 0.263 e. The van der Waals surface area contributed by atoms with E-state index in [4.69, 9.17) is 33.9 Å². The molecule has 2 heterocycles. The van der Waals surface area contributed by atoms with Gasteiger partial charge >= 0.3 is 0 Å². The first-order valence-electron chi connectivity index (χ1n) is 11.0. The van der Waals surface area contributed by atoms with E-state index in [1.807, 2.05) is 0 Å². The van der Waals surface area contributed by atoms with Crippen molar-refractivity contribution in [2.24, 2.45) is 17.1 Å². The summed E-state index contributed by atoms with van der Waals surface area (Å²) in [5.74, 6) is 1.76. The maximum atomic E-state index is 13.5. The van der Waals surface area contributed by atoms with Crippen molar-refractivity contribution < 1.29 is 5.11 Å². The number of benzene rings is 1. The molecule has 1 spiro atoms. The van der Waals surface area contributed by atoms with Crippen LogP contribution in [0.1, 0.15) is 44.0 Å². The molecule has 0 unspecified atom stereocenters. The van der Waals surface area contributed by atoms with Crippen molar-refractivity contribution in [3.8, 4) is 5.69 Å². The number of rotatable bonds is 4. The lowest BCUT2D eigenvalue weighted by Gasteiger charge is -2.43. The first kappa shape index (κ1) is 22.6. The third-order valence-corrected chi connectivity index (χ3v) is 8.14. The molecule has 2 aromatic rings. The molecule has 1 aromatic heterocycles. The second kappa shape index (κ2) is 8.74. The molecule has 1 aromatic carbocycles. The van der Waals surface area contributed by atoms with Crippen molar-refractivity contribution in [2.45, 2.75) is 52.0 Å². The molecule has 0 bridgehead atoms. The Balaban J connectivity index is 1.71. The second-order valence-corrected chi connectivity index (χ2v) is 9.82. The zero-order valence-electron chi connectivity index (χ0n) is 18.1. The van der Waals surface area contributed by atoms with Crippen molar-refractivity contribution >= 4 is 29.0 Å². The van der Waals surface area contributed by atoms with E-state index in [0.29, 0.717) is 38.9 Å². The number of nitrogens with zero attached hydrogens (tertiary/aromatic N) is 3. The molecule has 3 N–H and O–H groups in total.